The summed E-state index contributed by atoms with van der Waals surface area (Å²) >= 11 is 0. The van der Waals surface area contributed by atoms with Crippen molar-refractivity contribution in [3.8, 4) is 102 Å². The lowest BCUT2D eigenvalue weighted by molar-refractivity contribution is 1.07. The SMILES string of the molecule is c1ccc(-c2nc(-c3ccccc3)nc(-c3ccc(-c4nc(-c5ccccc5)nc(-c5ccccc5)n4)c(-c4ccc5c(c4)c4ccccc4n5-c4ccccc4)c3-c3ccc4c(c3)c3ccccc3n4-c3ccccc3)n2)cc1. The zero-order valence-corrected chi connectivity index (χ0v) is 43.1. The van der Waals surface area contributed by atoms with E-state index in [9.17, 15) is 0 Å². The third-order valence-corrected chi connectivity index (χ3v) is 15.0. The van der Waals surface area contributed by atoms with Crippen LogP contribution >= 0.6 is 0 Å². The highest BCUT2D eigenvalue weighted by molar-refractivity contribution is 6.14. The molecule has 0 aliphatic carbocycles. The summed E-state index contributed by atoms with van der Waals surface area (Å²) in [6.45, 7) is 0. The average molecular weight is 1020 g/mol. The molecule has 8 heteroatoms. The monoisotopic (exact) mass is 1020 g/mol. The first kappa shape index (κ1) is 46.4. The van der Waals surface area contributed by atoms with Gasteiger partial charge < -0.3 is 9.13 Å². The molecule has 0 amide bonds. The molecule has 0 N–H and O–H groups in total. The van der Waals surface area contributed by atoms with Crippen molar-refractivity contribution < 1.29 is 0 Å². The second-order valence-corrected chi connectivity index (χ2v) is 19.8. The van der Waals surface area contributed by atoms with Crippen LogP contribution in [0.3, 0.4) is 0 Å². The van der Waals surface area contributed by atoms with Gasteiger partial charge in [0.25, 0.3) is 0 Å². The van der Waals surface area contributed by atoms with Gasteiger partial charge in [-0.3, -0.25) is 0 Å². The molecule has 0 fully saturated rings. The van der Waals surface area contributed by atoms with Crippen LogP contribution in [-0.2, 0) is 0 Å². The first-order valence-corrected chi connectivity index (χ1v) is 26.8. The van der Waals surface area contributed by atoms with Crippen molar-refractivity contribution in [2.75, 3.05) is 0 Å². The quantitative estimate of drug-likeness (QED) is 0.136. The topological polar surface area (TPSA) is 87.2 Å². The van der Waals surface area contributed by atoms with E-state index in [1.165, 1.54) is 0 Å². The standard InChI is InChI=1S/C72H46N8/c1-7-23-47(24-8-1)67-73-68(48-25-9-2-10-26-48)76-71(75-67)57-41-42-58(72-77-69(49-27-11-3-12-28-49)74-70(78-72)50-29-13-4-14-30-50)66(52-40-44-64-60(46-52)56-36-20-22-38-62(56)80(64)54-33-17-6-18-34-54)65(57)51-39-43-63-59(45-51)55-35-19-21-37-61(55)79(63)53-31-15-5-16-32-53/h1-46H. The minimum absolute atomic E-state index is 0.527. The van der Waals surface area contributed by atoms with Crippen LogP contribution in [0.15, 0.2) is 279 Å². The molecule has 80 heavy (non-hydrogen) atoms. The van der Waals surface area contributed by atoms with Crippen LogP contribution in [0.2, 0.25) is 0 Å². The van der Waals surface area contributed by atoms with Crippen LogP contribution in [0.5, 0.6) is 0 Å². The fraction of sp³-hybridized carbons (Fsp3) is 0. The van der Waals surface area contributed by atoms with E-state index in [-0.39, 0.29) is 0 Å². The molecular formula is C72H46N8. The molecule has 11 aromatic carbocycles. The van der Waals surface area contributed by atoms with Gasteiger partial charge in [0.1, 0.15) is 0 Å². The van der Waals surface area contributed by atoms with E-state index in [2.05, 4.69) is 215 Å². The fourth-order valence-corrected chi connectivity index (χ4v) is 11.4. The number of hydrogen-bond acceptors (Lipinski definition) is 6. The van der Waals surface area contributed by atoms with Crippen LogP contribution in [0.1, 0.15) is 0 Å². The summed E-state index contributed by atoms with van der Waals surface area (Å²) in [4.78, 5) is 32.1. The first-order valence-electron chi connectivity index (χ1n) is 26.8. The second-order valence-electron chi connectivity index (χ2n) is 19.8. The Morgan fingerprint density at radius 2 is 0.475 bits per heavy atom. The van der Waals surface area contributed by atoms with Crippen molar-refractivity contribution in [3.05, 3.63) is 279 Å². The maximum atomic E-state index is 5.44. The van der Waals surface area contributed by atoms with Gasteiger partial charge in [-0.2, -0.15) is 0 Å². The summed E-state index contributed by atoms with van der Waals surface area (Å²) in [5.41, 5.74) is 15.5. The zero-order chi connectivity index (χ0) is 52.9. The van der Waals surface area contributed by atoms with Gasteiger partial charge in [0.05, 0.1) is 22.1 Å². The van der Waals surface area contributed by atoms with Gasteiger partial charge in [-0.25, -0.2) is 29.9 Å². The second kappa shape index (κ2) is 19.6. The molecule has 4 aromatic heterocycles. The van der Waals surface area contributed by atoms with Crippen LogP contribution in [0.25, 0.3) is 146 Å². The third-order valence-electron chi connectivity index (χ3n) is 15.0. The van der Waals surface area contributed by atoms with Gasteiger partial charge >= 0.3 is 0 Å². The lowest BCUT2D eigenvalue weighted by atomic mass is 9.85. The van der Waals surface area contributed by atoms with Gasteiger partial charge in [0.2, 0.25) is 0 Å². The Bertz CT molecular complexity index is 4370. The summed E-state index contributed by atoms with van der Waals surface area (Å²) in [6, 6.07) is 97.2. The minimum Gasteiger partial charge on any atom is -0.309 e. The van der Waals surface area contributed by atoms with Crippen molar-refractivity contribution in [1.29, 1.82) is 0 Å². The Balaban J connectivity index is 1.10. The lowest BCUT2D eigenvalue weighted by Gasteiger charge is -2.21. The molecule has 0 atom stereocenters. The number of rotatable bonds is 10. The molecule has 8 nitrogen and oxygen atoms in total. The number of nitrogens with zero attached hydrogens (tertiary/aromatic N) is 8. The third kappa shape index (κ3) is 8.10. The normalized spacial score (nSPS) is 11.5. The van der Waals surface area contributed by atoms with Crippen molar-refractivity contribution in [2.24, 2.45) is 0 Å². The molecule has 0 saturated carbocycles. The smallest absolute Gasteiger partial charge is 0.164 e. The summed E-state index contributed by atoms with van der Waals surface area (Å²) in [6.07, 6.45) is 0. The van der Waals surface area contributed by atoms with Crippen LogP contribution in [0.4, 0.5) is 0 Å². The average Bonchev–Trinajstić information content (AvgIpc) is 4.25. The molecule has 0 saturated heterocycles. The highest BCUT2D eigenvalue weighted by atomic mass is 15.0. The molecule has 15 aromatic rings. The molecule has 0 aliphatic rings. The molecular weight excluding hydrogens is 977 g/mol. The summed E-state index contributed by atoms with van der Waals surface area (Å²) in [5, 5.41) is 4.49. The molecule has 4 heterocycles. The van der Waals surface area contributed by atoms with Crippen LogP contribution in [0, 0.1) is 0 Å². The van der Waals surface area contributed by atoms with Crippen molar-refractivity contribution in [2.45, 2.75) is 0 Å². The van der Waals surface area contributed by atoms with E-state index in [4.69, 9.17) is 29.9 Å². The molecule has 0 aliphatic heterocycles. The Morgan fingerprint density at radius 1 is 0.200 bits per heavy atom. The van der Waals surface area contributed by atoms with Crippen LogP contribution in [-0.4, -0.2) is 39.0 Å². The van der Waals surface area contributed by atoms with Gasteiger partial charge in [-0.15, -0.1) is 0 Å². The lowest BCUT2D eigenvalue weighted by Crippen LogP contribution is -2.04. The number of hydrogen-bond donors (Lipinski definition) is 0. The maximum Gasteiger partial charge on any atom is 0.164 e. The molecule has 15 rings (SSSR count). The Kier molecular flexibility index (Phi) is 11.3. The highest BCUT2D eigenvalue weighted by Crippen LogP contribution is 2.48. The molecule has 0 spiro atoms. The van der Waals surface area contributed by atoms with Gasteiger partial charge in [-0.1, -0.05) is 206 Å². The predicted octanol–water partition coefficient (Wildman–Crippen LogP) is 17.6. The van der Waals surface area contributed by atoms with E-state index >= 15 is 0 Å². The first-order chi connectivity index (χ1) is 39.7. The van der Waals surface area contributed by atoms with E-state index < -0.39 is 0 Å². The van der Waals surface area contributed by atoms with Gasteiger partial charge in [-0.05, 0) is 83.9 Å². The Hall–Kier alpha value is -11.0. The van der Waals surface area contributed by atoms with Gasteiger partial charge in [0, 0.05) is 77.4 Å². The van der Waals surface area contributed by atoms with E-state index in [1.807, 2.05) is 72.8 Å². The molecule has 0 bridgehead atoms. The van der Waals surface area contributed by atoms with Crippen molar-refractivity contribution in [3.63, 3.8) is 0 Å². The summed E-state index contributed by atoms with van der Waals surface area (Å²) in [5.74, 6) is 3.33. The summed E-state index contributed by atoms with van der Waals surface area (Å²) < 4.78 is 4.71. The van der Waals surface area contributed by atoms with E-state index in [1.54, 1.807) is 0 Å². The highest BCUT2D eigenvalue weighted by Gasteiger charge is 2.27. The van der Waals surface area contributed by atoms with Crippen LogP contribution < -0.4 is 0 Å². The van der Waals surface area contributed by atoms with E-state index in [0.717, 1.165) is 111 Å². The predicted molar refractivity (Wildman–Crippen MR) is 325 cm³/mol. The largest absolute Gasteiger partial charge is 0.309 e. The number of para-hydroxylation sites is 4. The number of benzene rings is 11. The Labute approximate surface area is 461 Å². The maximum absolute atomic E-state index is 5.44. The van der Waals surface area contributed by atoms with Crippen molar-refractivity contribution >= 4 is 43.6 Å². The molecule has 0 radical (unpaired) electrons. The fourth-order valence-electron chi connectivity index (χ4n) is 11.4. The molecule has 374 valence electrons. The minimum atomic E-state index is 0.527. The summed E-state index contributed by atoms with van der Waals surface area (Å²) in [7, 11) is 0. The number of aromatic nitrogens is 8. The van der Waals surface area contributed by atoms with Crippen molar-refractivity contribution in [1.82, 2.24) is 39.0 Å². The Morgan fingerprint density at radius 3 is 0.812 bits per heavy atom. The van der Waals surface area contributed by atoms with Gasteiger partial charge in [0.15, 0.2) is 34.9 Å². The molecule has 0 unspecified atom stereocenters. The zero-order valence-electron chi connectivity index (χ0n) is 43.1. The van der Waals surface area contributed by atoms with E-state index in [0.29, 0.717) is 34.9 Å². The number of fused-ring (bicyclic) bond motifs is 6.